The maximum Gasteiger partial charge on any atom is 0.171 e. The van der Waals surface area contributed by atoms with E-state index in [0.29, 0.717) is 0 Å². The lowest BCUT2D eigenvalue weighted by atomic mass is 9.82. The highest BCUT2D eigenvalue weighted by atomic mass is 16.7. The van der Waals surface area contributed by atoms with E-state index in [4.69, 9.17) is 9.47 Å². The average molecular weight is 265 g/mol. The third-order valence-corrected chi connectivity index (χ3v) is 3.30. The second kappa shape index (κ2) is 7.04. The van der Waals surface area contributed by atoms with Gasteiger partial charge in [-0.1, -0.05) is 51.1 Å². The molecule has 0 spiro atoms. The van der Waals surface area contributed by atoms with E-state index in [1.807, 2.05) is 6.07 Å². The van der Waals surface area contributed by atoms with Gasteiger partial charge in [-0.25, -0.2) is 0 Å². The van der Waals surface area contributed by atoms with Gasteiger partial charge in [0.1, 0.15) is 0 Å². The minimum Gasteiger partial charge on any atom is -0.354 e. The Kier molecular flexibility index (Phi) is 5.98. The van der Waals surface area contributed by atoms with E-state index in [9.17, 15) is 0 Å². The summed E-state index contributed by atoms with van der Waals surface area (Å²) >= 11 is 0. The van der Waals surface area contributed by atoms with Crippen LogP contribution in [0.2, 0.25) is 0 Å². The van der Waals surface area contributed by atoms with Gasteiger partial charge < -0.3 is 14.8 Å². The second-order valence-corrected chi connectivity index (χ2v) is 6.00. The molecule has 0 radical (unpaired) electrons. The number of methoxy groups -OCH3 is 2. The molecule has 19 heavy (non-hydrogen) atoms. The van der Waals surface area contributed by atoms with Crippen LogP contribution in [-0.4, -0.2) is 26.6 Å². The predicted octanol–water partition coefficient (Wildman–Crippen LogP) is 3.37. The molecule has 1 rings (SSSR count). The summed E-state index contributed by atoms with van der Waals surface area (Å²) in [5.41, 5.74) is 1.40. The van der Waals surface area contributed by atoms with Crippen LogP contribution in [0.25, 0.3) is 0 Å². The molecule has 1 aromatic rings. The predicted molar refractivity (Wildman–Crippen MR) is 79.0 cm³/mol. The molecule has 108 valence electrons. The first-order valence-electron chi connectivity index (χ1n) is 6.76. The van der Waals surface area contributed by atoms with Crippen LogP contribution in [0.15, 0.2) is 30.3 Å². The lowest BCUT2D eigenvalue weighted by Crippen LogP contribution is -2.45. The molecule has 1 aromatic carbocycles. The van der Waals surface area contributed by atoms with Gasteiger partial charge in [0.15, 0.2) is 6.29 Å². The Labute approximate surface area is 117 Å². The highest BCUT2D eigenvalue weighted by Gasteiger charge is 2.29. The summed E-state index contributed by atoms with van der Waals surface area (Å²) in [5.74, 6) is 0. The van der Waals surface area contributed by atoms with E-state index in [2.05, 4.69) is 57.3 Å². The first kappa shape index (κ1) is 16.2. The fourth-order valence-electron chi connectivity index (χ4n) is 2.34. The fraction of sp³-hybridized carbons (Fsp3) is 0.625. The average Bonchev–Trinajstić information content (AvgIpc) is 2.37. The SMILES string of the molecule is COC(OC)C(C)NC(c1ccccc1)C(C)(C)C. The summed E-state index contributed by atoms with van der Waals surface area (Å²) in [7, 11) is 3.34. The molecule has 0 amide bonds. The second-order valence-electron chi connectivity index (χ2n) is 6.00. The third-order valence-electron chi connectivity index (χ3n) is 3.30. The summed E-state index contributed by atoms with van der Waals surface area (Å²) in [4.78, 5) is 0. The summed E-state index contributed by atoms with van der Waals surface area (Å²) in [6.07, 6.45) is -0.242. The Morgan fingerprint density at radius 2 is 1.53 bits per heavy atom. The summed E-state index contributed by atoms with van der Waals surface area (Å²) in [5, 5.41) is 3.63. The summed E-state index contributed by atoms with van der Waals surface area (Å²) in [6.45, 7) is 8.79. The van der Waals surface area contributed by atoms with Crippen molar-refractivity contribution in [2.75, 3.05) is 14.2 Å². The van der Waals surface area contributed by atoms with Crippen LogP contribution in [-0.2, 0) is 9.47 Å². The van der Waals surface area contributed by atoms with Crippen LogP contribution in [0.5, 0.6) is 0 Å². The van der Waals surface area contributed by atoms with Crippen LogP contribution in [0.3, 0.4) is 0 Å². The van der Waals surface area contributed by atoms with Crippen molar-refractivity contribution in [3.8, 4) is 0 Å². The molecule has 0 bridgehead atoms. The Bertz CT molecular complexity index is 355. The van der Waals surface area contributed by atoms with E-state index < -0.39 is 0 Å². The molecule has 2 unspecified atom stereocenters. The van der Waals surface area contributed by atoms with Gasteiger partial charge in [0.25, 0.3) is 0 Å². The van der Waals surface area contributed by atoms with Gasteiger partial charge in [0.2, 0.25) is 0 Å². The molecule has 0 saturated carbocycles. The Morgan fingerprint density at radius 3 is 1.95 bits per heavy atom. The van der Waals surface area contributed by atoms with Crippen molar-refractivity contribution in [2.45, 2.75) is 46.1 Å². The first-order valence-corrected chi connectivity index (χ1v) is 6.76. The molecule has 1 N–H and O–H groups in total. The van der Waals surface area contributed by atoms with Crippen molar-refractivity contribution in [2.24, 2.45) is 5.41 Å². The normalized spacial score (nSPS) is 15.5. The van der Waals surface area contributed by atoms with Crippen LogP contribution >= 0.6 is 0 Å². The zero-order chi connectivity index (χ0) is 14.5. The molecule has 0 aliphatic carbocycles. The number of hydrogen-bond acceptors (Lipinski definition) is 3. The number of benzene rings is 1. The van der Waals surface area contributed by atoms with Gasteiger partial charge in [0, 0.05) is 20.3 Å². The van der Waals surface area contributed by atoms with E-state index in [1.54, 1.807) is 14.2 Å². The Morgan fingerprint density at radius 1 is 1.00 bits per heavy atom. The van der Waals surface area contributed by atoms with Gasteiger partial charge in [-0.2, -0.15) is 0 Å². The smallest absolute Gasteiger partial charge is 0.171 e. The van der Waals surface area contributed by atoms with Crippen molar-refractivity contribution >= 4 is 0 Å². The standard InChI is InChI=1S/C16H27NO2/c1-12(15(18-5)19-6)17-14(16(2,3)4)13-10-8-7-9-11-13/h7-12,14-15,17H,1-6H3. The van der Waals surface area contributed by atoms with E-state index in [0.717, 1.165) is 0 Å². The maximum atomic E-state index is 5.33. The van der Waals surface area contributed by atoms with Crippen molar-refractivity contribution in [3.05, 3.63) is 35.9 Å². The van der Waals surface area contributed by atoms with Gasteiger partial charge in [-0.15, -0.1) is 0 Å². The first-order chi connectivity index (χ1) is 8.90. The number of nitrogens with one attached hydrogen (secondary N) is 1. The maximum absolute atomic E-state index is 5.33. The topological polar surface area (TPSA) is 30.5 Å². The fourth-order valence-corrected chi connectivity index (χ4v) is 2.34. The molecule has 0 aliphatic rings. The minimum absolute atomic E-state index is 0.111. The van der Waals surface area contributed by atoms with Crippen LogP contribution < -0.4 is 5.32 Å². The number of hydrogen-bond donors (Lipinski definition) is 1. The van der Waals surface area contributed by atoms with Crippen LogP contribution in [0.1, 0.15) is 39.3 Å². The van der Waals surface area contributed by atoms with Crippen molar-refractivity contribution in [1.29, 1.82) is 0 Å². The Balaban J connectivity index is 2.89. The highest BCUT2D eigenvalue weighted by molar-refractivity contribution is 5.21. The third kappa shape index (κ3) is 4.60. The van der Waals surface area contributed by atoms with E-state index in [1.165, 1.54) is 5.56 Å². The molecular formula is C16H27NO2. The molecular weight excluding hydrogens is 238 g/mol. The molecule has 3 nitrogen and oxygen atoms in total. The molecule has 0 aliphatic heterocycles. The molecule has 0 saturated heterocycles. The zero-order valence-corrected chi connectivity index (χ0v) is 12.9. The highest BCUT2D eigenvalue weighted by Crippen LogP contribution is 2.33. The number of rotatable bonds is 6. The van der Waals surface area contributed by atoms with Gasteiger partial charge >= 0.3 is 0 Å². The monoisotopic (exact) mass is 265 g/mol. The number of ether oxygens (including phenoxy) is 2. The largest absolute Gasteiger partial charge is 0.354 e. The van der Waals surface area contributed by atoms with Crippen LogP contribution in [0, 0.1) is 5.41 Å². The molecule has 3 heteroatoms. The lowest BCUT2D eigenvalue weighted by Gasteiger charge is -2.36. The quantitative estimate of drug-likeness (QED) is 0.800. The minimum atomic E-state index is -0.242. The summed E-state index contributed by atoms with van der Waals surface area (Å²) < 4.78 is 10.7. The summed E-state index contributed by atoms with van der Waals surface area (Å²) in [6, 6.07) is 10.9. The van der Waals surface area contributed by atoms with Crippen molar-refractivity contribution in [1.82, 2.24) is 5.32 Å². The lowest BCUT2D eigenvalue weighted by molar-refractivity contribution is -0.122. The van der Waals surface area contributed by atoms with Gasteiger partial charge in [-0.3, -0.25) is 0 Å². The van der Waals surface area contributed by atoms with Gasteiger partial charge in [-0.05, 0) is 17.9 Å². The molecule has 0 heterocycles. The Hall–Kier alpha value is -0.900. The van der Waals surface area contributed by atoms with E-state index >= 15 is 0 Å². The van der Waals surface area contributed by atoms with Crippen molar-refractivity contribution < 1.29 is 9.47 Å². The van der Waals surface area contributed by atoms with Crippen LogP contribution in [0.4, 0.5) is 0 Å². The van der Waals surface area contributed by atoms with E-state index in [-0.39, 0.29) is 23.8 Å². The molecule has 0 aromatic heterocycles. The van der Waals surface area contributed by atoms with Gasteiger partial charge in [0.05, 0.1) is 6.04 Å². The van der Waals surface area contributed by atoms with Crippen molar-refractivity contribution in [3.63, 3.8) is 0 Å². The molecule has 2 atom stereocenters. The zero-order valence-electron chi connectivity index (χ0n) is 12.9. The molecule has 0 fully saturated rings.